The van der Waals surface area contributed by atoms with Crippen LogP contribution in [-0.2, 0) is 16.8 Å². The van der Waals surface area contributed by atoms with Crippen LogP contribution >= 0.6 is 0 Å². The molecule has 1 aromatic carbocycles. The van der Waals surface area contributed by atoms with Crippen molar-refractivity contribution in [1.29, 1.82) is 0 Å². The number of aliphatic hydroxyl groups is 1. The van der Waals surface area contributed by atoms with Crippen LogP contribution in [0.5, 0.6) is 0 Å². The van der Waals surface area contributed by atoms with Crippen LogP contribution in [0, 0.1) is 0 Å². The van der Waals surface area contributed by atoms with Crippen molar-refractivity contribution in [3.05, 3.63) is 65.5 Å². The largest absolute Gasteiger partial charge is 0.390 e. The normalized spacial score (nSPS) is 16.5. The van der Waals surface area contributed by atoms with Gasteiger partial charge in [-0.2, -0.15) is 0 Å². The summed E-state index contributed by atoms with van der Waals surface area (Å²) in [5.41, 5.74) is 1.32. The van der Waals surface area contributed by atoms with Gasteiger partial charge in [-0.15, -0.1) is 0 Å². The lowest BCUT2D eigenvalue weighted by Crippen LogP contribution is -2.48. The lowest BCUT2D eigenvalue weighted by molar-refractivity contribution is -0.124. The van der Waals surface area contributed by atoms with Gasteiger partial charge in [0.05, 0.1) is 17.7 Å². The summed E-state index contributed by atoms with van der Waals surface area (Å²) in [7, 11) is 0. The summed E-state index contributed by atoms with van der Waals surface area (Å²) in [5, 5.41) is 9.19. The molecule has 5 nitrogen and oxygen atoms in total. The Morgan fingerprint density at radius 1 is 1.08 bits per heavy atom. The number of carbonyl (C=O) groups excluding carboxylic acids is 2. The van der Waals surface area contributed by atoms with Crippen LogP contribution in [0.4, 0.5) is 0 Å². The first-order valence-corrected chi connectivity index (χ1v) is 8.49. The third kappa shape index (κ3) is 3.33. The van der Waals surface area contributed by atoms with Crippen LogP contribution < -0.4 is 0 Å². The maximum Gasteiger partial charge on any atom is 0.272 e. The Balaban J connectivity index is 1.78. The third-order valence-electron chi connectivity index (χ3n) is 5.09. The Morgan fingerprint density at radius 2 is 1.76 bits per heavy atom. The summed E-state index contributed by atoms with van der Waals surface area (Å²) in [6, 6.07) is 14.9. The van der Waals surface area contributed by atoms with E-state index in [9.17, 15) is 14.7 Å². The van der Waals surface area contributed by atoms with Crippen molar-refractivity contribution in [3.63, 3.8) is 0 Å². The minimum absolute atomic E-state index is 0.145. The average Bonchev–Trinajstić information content (AvgIpc) is 2.68. The molecule has 130 valence electrons. The number of amides is 1. The molecule has 1 aromatic heterocycles. The summed E-state index contributed by atoms with van der Waals surface area (Å²) in [6.07, 6.45) is 1.22. The second-order valence-corrected chi connectivity index (χ2v) is 6.47. The lowest BCUT2D eigenvalue weighted by Gasteiger charge is -2.40. The molecule has 1 saturated heterocycles. The molecule has 0 atom stereocenters. The van der Waals surface area contributed by atoms with E-state index >= 15 is 0 Å². The van der Waals surface area contributed by atoms with E-state index in [1.165, 1.54) is 0 Å². The van der Waals surface area contributed by atoms with Crippen LogP contribution in [0.3, 0.4) is 0 Å². The zero-order valence-corrected chi connectivity index (χ0v) is 14.3. The summed E-state index contributed by atoms with van der Waals surface area (Å²) < 4.78 is 0. The number of nitrogens with zero attached hydrogens (tertiary/aromatic N) is 2. The number of likely N-dealkylation sites (tertiary alicyclic amines) is 1. The van der Waals surface area contributed by atoms with Crippen LogP contribution in [-0.4, -0.2) is 39.8 Å². The van der Waals surface area contributed by atoms with E-state index in [0.29, 0.717) is 37.3 Å². The molecule has 3 rings (SSSR count). The molecule has 0 unspecified atom stereocenters. The smallest absolute Gasteiger partial charge is 0.272 e. The Bertz CT molecular complexity index is 766. The second-order valence-electron chi connectivity index (χ2n) is 6.47. The molecule has 5 heteroatoms. The van der Waals surface area contributed by atoms with Gasteiger partial charge in [0, 0.05) is 13.1 Å². The van der Waals surface area contributed by atoms with Crippen molar-refractivity contribution in [3.8, 4) is 0 Å². The van der Waals surface area contributed by atoms with Crippen LogP contribution in [0.25, 0.3) is 0 Å². The molecule has 0 aliphatic carbocycles. The molecule has 1 fully saturated rings. The summed E-state index contributed by atoms with van der Waals surface area (Å²) >= 11 is 0. The predicted molar refractivity (Wildman–Crippen MR) is 94.1 cm³/mol. The number of carbonyl (C=O) groups is 2. The number of rotatable bonds is 4. The first-order chi connectivity index (χ1) is 12.1. The van der Waals surface area contributed by atoms with Gasteiger partial charge in [0.25, 0.3) is 5.91 Å². The summed E-state index contributed by atoms with van der Waals surface area (Å²) in [4.78, 5) is 31.0. The molecular formula is C20H22N2O3. The van der Waals surface area contributed by atoms with Crippen molar-refractivity contribution >= 4 is 11.7 Å². The van der Waals surface area contributed by atoms with Crippen molar-refractivity contribution < 1.29 is 14.7 Å². The molecule has 0 spiro atoms. The molecular weight excluding hydrogens is 316 g/mol. The molecule has 0 bridgehead atoms. The molecule has 2 aromatic rings. The van der Waals surface area contributed by atoms with E-state index < -0.39 is 5.41 Å². The number of ketones is 1. The Labute approximate surface area is 147 Å². The highest BCUT2D eigenvalue weighted by Gasteiger charge is 2.41. The van der Waals surface area contributed by atoms with Gasteiger partial charge in [0.1, 0.15) is 11.5 Å². The van der Waals surface area contributed by atoms with Gasteiger partial charge >= 0.3 is 0 Å². The number of aromatic nitrogens is 1. The fourth-order valence-corrected chi connectivity index (χ4v) is 3.54. The summed E-state index contributed by atoms with van der Waals surface area (Å²) in [6.45, 7) is 2.47. The molecule has 1 N–H and O–H groups in total. The predicted octanol–water partition coefficient (Wildman–Crippen LogP) is 2.34. The van der Waals surface area contributed by atoms with Gasteiger partial charge in [-0.05, 0) is 37.5 Å². The van der Waals surface area contributed by atoms with Crippen molar-refractivity contribution in [2.75, 3.05) is 13.1 Å². The molecule has 2 heterocycles. The van der Waals surface area contributed by atoms with E-state index in [4.69, 9.17) is 0 Å². The van der Waals surface area contributed by atoms with E-state index in [1.54, 1.807) is 30.0 Å². The maximum absolute atomic E-state index is 12.7. The number of Topliss-reactive ketones (excluding diaryl/α,β-unsaturated/α-hetero) is 1. The first kappa shape index (κ1) is 17.3. The van der Waals surface area contributed by atoms with Crippen LogP contribution in [0.2, 0.25) is 0 Å². The van der Waals surface area contributed by atoms with Gasteiger partial charge in [-0.3, -0.25) is 9.59 Å². The third-order valence-corrected chi connectivity index (χ3v) is 5.09. The minimum atomic E-state index is -0.515. The molecule has 25 heavy (non-hydrogen) atoms. The fourth-order valence-electron chi connectivity index (χ4n) is 3.54. The number of piperidine rings is 1. The summed E-state index contributed by atoms with van der Waals surface area (Å²) in [5.74, 6) is -0.00767. The molecule has 1 amide bonds. The monoisotopic (exact) mass is 338 g/mol. The van der Waals surface area contributed by atoms with Gasteiger partial charge < -0.3 is 10.0 Å². The highest BCUT2D eigenvalue weighted by Crippen LogP contribution is 2.36. The molecule has 0 radical (unpaired) electrons. The fraction of sp³-hybridized carbons (Fsp3) is 0.350. The Kier molecular flexibility index (Phi) is 4.95. The van der Waals surface area contributed by atoms with Crippen LogP contribution in [0.1, 0.15) is 41.5 Å². The van der Waals surface area contributed by atoms with Gasteiger partial charge in [0.2, 0.25) is 0 Å². The lowest BCUT2D eigenvalue weighted by atomic mass is 9.70. The maximum atomic E-state index is 12.7. The average molecular weight is 338 g/mol. The molecule has 1 aliphatic heterocycles. The number of hydrogen-bond acceptors (Lipinski definition) is 4. The van der Waals surface area contributed by atoms with Crippen molar-refractivity contribution in [1.82, 2.24) is 9.88 Å². The number of benzene rings is 1. The van der Waals surface area contributed by atoms with E-state index in [1.807, 2.05) is 30.3 Å². The highest BCUT2D eigenvalue weighted by molar-refractivity contribution is 5.93. The zero-order valence-electron chi connectivity index (χ0n) is 14.3. The number of pyridine rings is 1. The first-order valence-electron chi connectivity index (χ1n) is 8.49. The topological polar surface area (TPSA) is 70.5 Å². The number of hydrogen-bond donors (Lipinski definition) is 1. The second kappa shape index (κ2) is 7.15. The van der Waals surface area contributed by atoms with E-state index in [2.05, 4.69) is 4.98 Å². The molecule has 0 saturated carbocycles. The Morgan fingerprint density at radius 3 is 2.36 bits per heavy atom. The van der Waals surface area contributed by atoms with Crippen LogP contribution in [0.15, 0.2) is 48.5 Å². The zero-order chi connectivity index (χ0) is 17.9. The molecule has 1 aliphatic rings. The minimum Gasteiger partial charge on any atom is -0.390 e. The van der Waals surface area contributed by atoms with Gasteiger partial charge in [0.15, 0.2) is 0 Å². The van der Waals surface area contributed by atoms with Crippen molar-refractivity contribution in [2.24, 2.45) is 0 Å². The number of aliphatic hydroxyl groups excluding tert-OH is 1. The highest BCUT2D eigenvalue weighted by atomic mass is 16.3. The SMILES string of the molecule is CC(=O)C1(c2ccccc2)CCN(C(=O)c2cccc(CO)n2)CC1. The van der Waals surface area contributed by atoms with Gasteiger partial charge in [-0.25, -0.2) is 4.98 Å². The Hall–Kier alpha value is -2.53. The van der Waals surface area contributed by atoms with Crippen molar-refractivity contribution in [2.45, 2.75) is 31.8 Å². The standard InChI is InChI=1S/C20H22N2O3/c1-15(24)20(16-6-3-2-4-7-16)10-12-22(13-11-20)19(25)18-9-5-8-17(14-23)21-18/h2-9,23H,10-14H2,1H3. The quantitative estimate of drug-likeness (QED) is 0.929. The van der Waals surface area contributed by atoms with E-state index in [0.717, 1.165) is 5.56 Å². The van der Waals surface area contributed by atoms with Gasteiger partial charge in [-0.1, -0.05) is 36.4 Å². The van der Waals surface area contributed by atoms with E-state index in [-0.39, 0.29) is 18.3 Å².